The smallest absolute Gasteiger partial charge is 0.315 e. The van der Waals surface area contributed by atoms with Crippen molar-refractivity contribution >= 4 is 29.0 Å². The molecule has 1 fully saturated rings. The van der Waals surface area contributed by atoms with Gasteiger partial charge in [0.2, 0.25) is 5.91 Å². The van der Waals surface area contributed by atoms with E-state index in [4.69, 9.17) is 4.74 Å². The molecule has 6 nitrogen and oxygen atoms in total. The van der Waals surface area contributed by atoms with E-state index >= 15 is 0 Å². The lowest BCUT2D eigenvalue weighted by Crippen LogP contribution is -2.43. The highest BCUT2D eigenvalue weighted by Gasteiger charge is 2.31. The first-order valence-corrected chi connectivity index (χ1v) is 9.13. The fraction of sp³-hybridized carbons (Fsp3) is 0.333. The molecule has 0 unspecified atom stereocenters. The van der Waals surface area contributed by atoms with E-state index in [1.165, 1.54) is 0 Å². The van der Waals surface area contributed by atoms with E-state index in [0.717, 1.165) is 16.3 Å². The molecule has 0 spiro atoms. The summed E-state index contributed by atoms with van der Waals surface area (Å²) in [5, 5.41) is 7.66. The van der Waals surface area contributed by atoms with Gasteiger partial charge in [-0.15, -0.1) is 11.3 Å². The molecule has 1 aliphatic heterocycles. The lowest BCUT2D eigenvalue weighted by atomic mass is 10.2. The van der Waals surface area contributed by atoms with E-state index in [9.17, 15) is 9.59 Å². The summed E-state index contributed by atoms with van der Waals surface area (Å²) >= 11 is 1.60. The quantitative estimate of drug-likeness (QED) is 0.833. The molecule has 2 N–H and O–H groups in total. The summed E-state index contributed by atoms with van der Waals surface area (Å²) in [6.45, 7) is 3.50. The molecule has 3 rings (SSSR count). The van der Waals surface area contributed by atoms with Crippen molar-refractivity contribution in [3.63, 3.8) is 0 Å². The van der Waals surface area contributed by atoms with Gasteiger partial charge in [-0.2, -0.15) is 0 Å². The highest BCUT2D eigenvalue weighted by atomic mass is 32.1. The van der Waals surface area contributed by atoms with Crippen molar-refractivity contribution in [3.8, 4) is 5.75 Å². The third-order valence-electron chi connectivity index (χ3n) is 3.92. The lowest BCUT2D eigenvalue weighted by molar-refractivity contribution is -0.117. The lowest BCUT2D eigenvalue weighted by Gasteiger charge is -2.18. The first kappa shape index (κ1) is 17.3. The number of carbonyl (C=O) groups is 2. The Hall–Kier alpha value is -2.54. The van der Waals surface area contributed by atoms with Crippen molar-refractivity contribution in [2.45, 2.75) is 25.9 Å². The average Bonchev–Trinajstić information content (AvgIpc) is 3.24. The van der Waals surface area contributed by atoms with Gasteiger partial charge in [0, 0.05) is 23.5 Å². The summed E-state index contributed by atoms with van der Waals surface area (Å²) in [7, 11) is 0. The number of benzene rings is 1. The van der Waals surface area contributed by atoms with Gasteiger partial charge < -0.3 is 20.3 Å². The van der Waals surface area contributed by atoms with Crippen LogP contribution in [-0.2, 0) is 11.3 Å². The Morgan fingerprint density at radius 2 is 2.12 bits per heavy atom. The standard InChI is InChI=1S/C18H21N3O3S/c1-2-24-15-7-5-14(6-8-15)21-12-13(10-17(21)22)20-18(23)19-11-16-4-3-9-25-16/h3-9,13H,2,10-12H2,1H3,(H2,19,20,23)/t13-/m0/s1. The van der Waals surface area contributed by atoms with Crippen LogP contribution in [0.15, 0.2) is 41.8 Å². The van der Waals surface area contributed by atoms with E-state index in [2.05, 4.69) is 10.6 Å². The fourth-order valence-corrected chi connectivity index (χ4v) is 3.40. The van der Waals surface area contributed by atoms with Gasteiger partial charge in [-0.05, 0) is 42.6 Å². The fourth-order valence-electron chi connectivity index (χ4n) is 2.76. The number of amides is 3. The van der Waals surface area contributed by atoms with Crippen molar-refractivity contribution in [2.24, 2.45) is 0 Å². The molecule has 25 heavy (non-hydrogen) atoms. The molecule has 2 aromatic rings. The number of rotatable bonds is 6. The van der Waals surface area contributed by atoms with Crippen molar-refractivity contribution in [3.05, 3.63) is 46.7 Å². The van der Waals surface area contributed by atoms with Crippen LogP contribution in [0.2, 0.25) is 0 Å². The maximum Gasteiger partial charge on any atom is 0.315 e. The Labute approximate surface area is 150 Å². The second-order valence-corrected chi connectivity index (χ2v) is 6.77. The van der Waals surface area contributed by atoms with Gasteiger partial charge in [-0.1, -0.05) is 6.07 Å². The minimum absolute atomic E-state index is 0.00715. The second kappa shape index (κ2) is 8.02. The van der Waals surface area contributed by atoms with Gasteiger partial charge in [0.25, 0.3) is 0 Å². The van der Waals surface area contributed by atoms with E-state index in [1.807, 2.05) is 48.7 Å². The van der Waals surface area contributed by atoms with Crippen LogP contribution in [0.4, 0.5) is 10.5 Å². The number of nitrogens with zero attached hydrogens (tertiary/aromatic N) is 1. The molecule has 0 aliphatic carbocycles. The van der Waals surface area contributed by atoms with Gasteiger partial charge in [0.05, 0.1) is 19.2 Å². The van der Waals surface area contributed by atoms with Crippen LogP contribution < -0.4 is 20.3 Å². The monoisotopic (exact) mass is 359 g/mol. The van der Waals surface area contributed by atoms with Crippen molar-refractivity contribution < 1.29 is 14.3 Å². The largest absolute Gasteiger partial charge is 0.494 e. The predicted molar refractivity (Wildman–Crippen MR) is 98.1 cm³/mol. The number of hydrogen-bond acceptors (Lipinski definition) is 4. The number of carbonyl (C=O) groups excluding carboxylic acids is 2. The number of anilines is 1. The maximum absolute atomic E-state index is 12.2. The van der Waals surface area contributed by atoms with Crippen LogP contribution in [0, 0.1) is 0 Å². The molecule has 1 atom stereocenters. The Kier molecular flexibility index (Phi) is 5.55. The molecular formula is C18H21N3O3S. The Balaban J connectivity index is 1.52. The minimum atomic E-state index is -0.250. The highest BCUT2D eigenvalue weighted by molar-refractivity contribution is 7.09. The predicted octanol–water partition coefficient (Wildman–Crippen LogP) is 2.75. The minimum Gasteiger partial charge on any atom is -0.494 e. The van der Waals surface area contributed by atoms with Crippen LogP contribution in [0.1, 0.15) is 18.2 Å². The molecule has 132 valence electrons. The summed E-state index contributed by atoms with van der Waals surface area (Å²) in [4.78, 5) is 27.0. The first-order chi connectivity index (χ1) is 12.2. The van der Waals surface area contributed by atoms with Gasteiger partial charge in [0.15, 0.2) is 0 Å². The molecule has 7 heteroatoms. The molecule has 1 saturated heterocycles. The van der Waals surface area contributed by atoms with Gasteiger partial charge >= 0.3 is 6.03 Å². The van der Waals surface area contributed by atoms with Gasteiger partial charge in [-0.3, -0.25) is 4.79 Å². The summed E-state index contributed by atoms with van der Waals surface area (Å²) < 4.78 is 5.41. The molecule has 0 saturated carbocycles. The van der Waals surface area contributed by atoms with Gasteiger partial charge in [0.1, 0.15) is 5.75 Å². The summed E-state index contributed by atoms with van der Waals surface area (Å²) in [6.07, 6.45) is 0.305. The van der Waals surface area contributed by atoms with Crippen LogP contribution in [-0.4, -0.2) is 31.1 Å². The first-order valence-electron chi connectivity index (χ1n) is 8.25. The third kappa shape index (κ3) is 4.51. The van der Waals surface area contributed by atoms with E-state index < -0.39 is 0 Å². The second-order valence-electron chi connectivity index (χ2n) is 5.74. The van der Waals surface area contributed by atoms with Crippen LogP contribution in [0.5, 0.6) is 5.75 Å². The topological polar surface area (TPSA) is 70.7 Å². The van der Waals surface area contributed by atoms with E-state index in [1.54, 1.807) is 16.2 Å². The molecule has 1 aromatic heterocycles. The Bertz CT molecular complexity index is 716. The van der Waals surface area contributed by atoms with Crippen molar-refractivity contribution in [1.29, 1.82) is 0 Å². The molecule has 0 radical (unpaired) electrons. The van der Waals surface area contributed by atoms with Crippen LogP contribution >= 0.6 is 11.3 Å². The zero-order valence-corrected chi connectivity index (χ0v) is 14.8. The van der Waals surface area contributed by atoms with Crippen molar-refractivity contribution in [1.82, 2.24) is 10.6 Å². The van der Waals surface area contributed by atoms with Crippen LogP contribution in [0.3, 0.4) is 0 Å². The summed E-state index contributed by atoms with van der Waals surface area (Å²) in [6, 6.07) is 10.9. The van der Waals surface area contributed by atoms with E-state index in [-0.39, 0.29) is 18.0 Å². The molecule has 1 aliphatic rings. The maximum atomic E-state index is 12.2. The number of nitrogens with one attached hydrogen (secondary N) is 2. The molecule has 3 amide bonds. The third-order valence-corrected chi connectivity index (χ3v) is 4.80. The zero-order valence-electron chi connectivity index (χ0n) is 14.0. The molecule has 2 heterocycles. The highest BCUT2D eigenvalue weighted by Crippen LogP contribution is 2.24. The number of ether oxygens (including phenoxy) is 1. The number of hydrogen-bond donors (Lipinski definition) is 2. The molecular weight excluding hydrogens is 338 g/mol. The summed E-state index contributed by atoms with van der Waals surface area (Å²) in [5.74, 6) is 0.785. The van der Waals surface area contributed by atoms with Crippen molar-refractivity contribution in [2.75, 3.05) is 18.1 Å². The average molecular weight is 359 g/mol. The molecule has 0 bridgehead atoms. The summed E-state index contributed by atoms with van der Waals surface area (Å²) in [5.41, 5.74) is 0.816. The molecule has 1 aromatic carbocycles. The normalized spacial score (nSPS) is 16.8. The Morgan fingerprint density at radius 3 is 2.80 bits per heavy atom. The number of thiophene rings is 1. The van der Waals surface area contributed by atoms with Gasteiger partial charge in [-0.25, -0.2) is 4.79 Å². The van der Waals surface area contributed by atoms with E-state index in [0.29, 0.717) is 26.1 Å². The Morgan fingerprint density at radius 1 is 1.32 bits per heavy atom. The number of urea groups is 1. The van der Waals surface area contributed by atoms with Crippen LogP contribution in [0.25, 0.3) is 0 Å². The SMILES string of the molecule is CCOc1ccc(N2C[C@@H](NC(=O)NCc3cccs3)CC2=O)cc1. The zero-order chi connectivity index (χ0) is 17.6.